The van der Waals surface area contributed by atoms with Gasteiger partial charge < -0.3 is 16.0 Å². The minimum Gasteiger partial charge on any atom is -0.325 e. The Morgan fingerprint density at radius 1 is 1.06 bits per heavy atom. The number of carbonyl (C=O) groups excluding carboxylic acids is 2. The van der Waals surface area contributed by atoms with E-state index in [-0.39, 0.29) is 42.5 Å². The van der Waals surface area contributed by atoms with Gasteiger partial charge in [0.2, 0.25) is 11.8 Å². The Morgan fingerprint density at radius 3 is 2.68 bits per heavy atom. The maximum atomic E-state index is 12.9. The summed E-state index contributed by atoms with van der Waals surface area (Å²) in [5.74, 6) is 1.21. The van der Waals surface area contributed by atoms with Crippen LogP contribution in [0.5, 0.6) is 0 Å². The van der Waals surface area contributed by atoms with Crippen LogP contribution in [-0.2, 0) is 16.1 Å². The monoisotopic (exact) mass is 519 g/mol. The lowest BCUT2D eigenvalue weighted by atomic mass is 9.85. The van der Waals surface area contributed by atoms with E-state index in [1.54, 1.807) is 6.20 Å². The summed E-state index contributed by atoms with van der Waals surface area (Å²) in [5, 5.41) is 10.5. The number of hydrogen-bond acceptors (Lipinski definition) is 6. The van der Waals surface area contributed by atoms with Gasteiger partial charge in [0.1, 0.15) is 5.82 Å². The molecule has 3 N–H and O–H groups in total. The molecule has 7 nitrogen and oxygen atoms in total. The molecular formula is C24H27Cl2N5O2S. The maximum absolute atomic E-state index is 12.9. The minimum atomic E-state index is -0.00327. The van der Waals surface area contributed by atoms with Crippen LogP contribution in [0, 0.1) is 5.92 Å². The molecule has 1 saturated carbocycles. The van der Waals surface area contributed by atoms with Crippen molar-refractivity contribution in [3.8, 4) is 0 Å². The van der Waals surface area contributed by atoms with Crippen molar-refractivity contribution in [2.45, 2.75) is 43.2 Å². The molecule has 34 heavy (non-hydrogen) atoms. The molecule has 180 valence electrons. The summed E-state index contributed by atoms with van der Waals surface area (Å²) in [6, 6.07) is 14.1. The van der Waals surface area contributed by atoms with Gasteiger partial charge in [-0.1, -0.05) is 18.2 Å². The summed E-state index contributed by atoms with van der Waals surface area (Å²) in [7, 11) is 0. The number of pyridine rings is 2. The predicted octanol–water partition coefficient (Wildman–Crippen LogP) is 4.80. The highest BCUT2D eigenvalue weighted by molar-refractivity contribution is 8.00. The summed E-state index contributed by atoms with van der Waals surface area (Å²) >= 11 is 1.52. The van der Waals surface area contributed by atoms with Gasteiger partial charge in [-0.15, -0.1) is 36.6 Å². The molecule has 2 amide bonds. The number of rotatable bonds is 5. The van der Waals surface area contributed by atoms with Gasteiger partial charge in [-0.25, -0.2) is 4.98 Å². The number of aromatic nitrogens is 2. The summed E-state index contributed by atoms with van der Waals surface area (Å²) in [4.78, 5) is 34.4. The van der Waals surface area contributed by atoms with E-state index >= 15 is 0 Å². The van der Waals surface area contributed by atoms with Crippen molar-refractivity contribution in [1.29, 1.82) is 0 Å². The van der Waals surface area contributed by atoms with Crippen molar-refractivity contribution in [2.75, 3.05) is 16.4 Å². The highest BCUT2D eigenvalue weighted by atomic mass is 35.5. The maximum Gasteiger partial charge on any atom is 0.235 e. The first-order valence-corrected chi connectivity index (χ1v) is 11.9. The first-order valence-electron chi connectivity index (χ1n) is 11.0. The van der Waals surface area contributed by atoms with E-state index < -0.39 is 0 Å². The molecule has 5 rings (SSSR count). The molecule has 1 aliphatic heterocycles. The molecule has 0 bridgehead atoms. The van der Waals surface area contributed by atoms with Crippen LogP contribution in [0.3, 0.4) is 0 Å². The molecule has 2 aromatic heterocycles. The second kappa shape index (κ2) is 11.8. The number of nitrogens with one attached hydrogen (secondary N) is 3. The normalized spacial score (nSPS) is 19.2. The average molecular weight is 520 g/mol. The smallest absolute Gasteiger partial charge is 0.235 e. The lowest BCUT2D eigenvalue weighted by Crippen LogP contribution is -2.36. The second-order valence-corrected chi connectivity index (χ2v) is 9.30. The quantitative estimate of drug-likeness (QED) is 0.447. The van der Waals surface area contributed by atoms with Crippen LogP contribution in [0.15, 0.2) is 53.6 Å². The Bertz CT molecular complexity index is 1170. The third kappa shape index (κ3) is 5.99. The number of carbonyl (C=O) groups is 2. The Morgan fingerprint density at radius 2 is 1.85 bits per heavy atom. The lowest BCUT2D eigenvalue weighted by Gasteiger charge is -2.28. The van der Waals surface area contributed by atoms with Crippen LogP contribution in [0.25, 0.3) is 10.9 Å². The molecule has 1 aromatic carbocycles. The van der Waals surface area contributed by atoms with E-state index in [1.807, 2.05) is 42.5 Å². The number of thioether (sulfide) groups is 1. The molecule has 3 aromatic rings. The molecule has 0 unspecified atom stereocenters. The van der Waals surface area contributed by atoms with Crippen LogP contribution in [0.1, 0.15) is 31.4 Å². The number of nitrogens with zero attached hydrogens (tertiary/aromatic N) is 2. The third-order valence-electron chi connectivity index (χ3n) is 6.11. The highest BCUT2D eigenvalue weighted by Crippen LogP contribution is 2.30. The minimum absolute atomic E-state index is 0. The highest BCUT2D eigenvalue weighted by Gasteiger charge is 2.26. The Balaban J connectivity index is 0.00000162. The van der Waals surface area contributed by atoms with Gasteiger partial charge in [0.15, 0.2) is 0 Å². The van der Waals surface area contributed by atoms with Crippen molar-refractivity contribution in [3.63, 3.8) is 0 Å². The summed E-state index contributed by atoms with van der Waals surface area (Å²) < 4.78 is 0. The van der Waals surface area contributed by atoms with Crippen LogP contribution in [-0.4, -0.2) is 33.6 Å². The fourth-order valence-electron chi connectivity index (χ4n) is 4.35. The van der Waals surface area contributed by atoms with E-state index in [9.17, 15) is 9.59 Å². The largest absolute Gasteiger partial charge is 0.325 e. The molecule has 1 fully saturated rings. The van der Waals surface area contributed by atoms with Gasteiger partial charge in [-0.2, -0.15) is 0 Å². The predicted molar refractivity (Wildman–Crippen MR) is 141 cm³/mol. The molecule has 0 atom stereocenters. The number of amides is 2. The van der Waals surface area contributed by atoms with E-state index in [0.717, 1.165) is 52.9 Å². The molecule has 3 heterocycles. The van der Waals surface area contributed by atoms with Crippen LogP contribution >= 0.6 is 36.6 Å². The van der Waals surface area contributed by atoms with Gasteiger partial charge >= 0.3 is 0 Å². The third-order valence-corrected chi connectivity index (χ3v) is 7.16. The van der Waals surface area contributed by atoms with Gasteiger partial charge in [-0.05, 0) is 49.9 Å². The summed E-state index contributed by atoms with van der Waals surface area (Å²) in [6.45, 7) is 0.651. The first-order chi connectivity index (χ1) is 15.7. The zero-order valence-corrected chi connectivity index (χ0v) is 20.9. The lowest BCUT2D eigenvalue weighted by molar-refractivity contribution is -0.121. The van der Waals surface area contributed by atoms with Crippen LogP contribution < -0.4 is 16.0 Å². The van der Waals surface area contributed by atoms with Crippen molar-refractivity contribution in [1.82, 2.24) is 15.3 Å². The van der Waals surface area contributed by atoms with Crippen LogP contribution in [0.4, 0.5) is 11.5 Å². The average Bonchev–Trinajstić information content (AvgIpc) is 2.83. The van der Waals surface area contributed by atoms with Crippen molar-refractivity contribution < 1.29 is 9.59 Å². The van der Waals surface area contributed by atoms with E-state index in [4.69, 9.17) is 0 Å². The van der Waals surface area contributed by atoms with E-state index in [2.05, 4.69) is 25.9 Å². The number of fused-ring (bicyclic) bond motifs is 2. The number of para-hydroxylation sites is 1. The second-order valence-electron chi connectivity index (χ2n) is 8.28. The van der Waals surface area contributed by atoms with Crippen molar-refractivity contribution in [3.05, 3.63) is 54.4 Å². The molecule has 10 heteroatoms. The van der Waals surface area contributed by atoms with Crippen LogP contribution in [0.2, 0.25) is 0 Å². The zero-order valence-electron chi connectivity index (χ0n) is 18.5. The van der Waals surface area contributed by atoms with Crippen molar-refractivity contribution in [2.24, 2.45) is 5.92 Å². The first kappa shape index (κ1) is 26.2. The van der Waals surface area contributed by atoms with Gasteiger partial charge in [0.25, 0.3) is 0 Å². The molecule has 0 radical (unpaired) electrons. The van der Waals surface area contributed by atoms with E-state index in [1.165, 1.54) is 11.8 Å². The van der Waals surface area contributed by atoms with Gasteiger partial charge in [0, 0.05) is 30.1 Å². The number of hydrogen-bond donors (Lipinski definition) is 3. The number of halogens is 2. The zero-order chi connectivity index (χ0) is 21.9. The number of benzene rings is 1. The fourth-order valence-corrected chi connectivity index (χ4v) is 5.11. The summed E-state index contributed by atoms with van der Waals surface area (Å²) in [5.41, 5.74) is 2.62. The van der Waals surface area contributed by atoms with Crippen molar-refractivity contribution >= 4 is 70.8 Å². The summed E-state index contributed by atoms with van der Waals surface area (Å²) in [6.07, 6.45) is 5.35. The molecular weight excluding hydrogens is 493 g/mol. The Kier molecular flexibility index (Phi) is 9.13. The SMILES string of the molecule is Cl.Cl.O=C1CSc2ccc(CNC3CCC(C(=O)Nc4ccnc5ccccc45)CC3)nc2N1. The fraction of sp³-hybridized carbons (Fsp3) is 0.333. The standard InChI is InChI=1S/C24H25N5O2S.2ClH/c30-22-14-32-21-10-9-17(27-23(21)29-22)13-26-16-7-5-15(6-8-16)24(31)28-20-11-12-25-19-4-2-1-3-18(19)20;;/h1-4,9-12,15-16,26H,5-8,13-14H2,(H,25,28,31)(H,27,29,30);2*1H. The topological polar surface area (TPSA) is 96.0 Å². The Hall–Kier alpha value is -2.39. The van der Waals surface area contributed by atoms with Gasteiger partial charge in [0.05, 0.1) is 27.5 Å². The molecule has 1 aliphatic carbocycles. The number of anilines is 2. The van der Waals surface area contributed by atoms with E-state index in [0.29, 0.717) is 24.2 Å². The molecule has 2 aliphatic rings. The molecule has 0 saturated heterocycles. The Labute approximate surface area is 215 Å². The molecule has 0 spiro atoms. The van der Waals surface area contributed by atoms with Gasteiger partial charge in [-0.3, -0.25) is 14.6 Å².